The molecule has 1 aliphatic rings. The van der Waals surface area contributed by atoms with Crippen molar-refractivity contribution in [2.75, 3.05) is 33.4 Å². The molecule has 1 rings (SSSR count). The predicted molar refractivity (Wildman–Crippen MR) is 74.6 cm³/mol. The molecule has 0 aromatic carbocycles. The highest BCUT2D eigenvalue weighted by molar-refractivity contribution is 7.86. The molecule has 1 fully saturated rings. The molecular weight excluding hydrogens is 284 g/mol. The molecule has 118 valence electrons. The lowest BCUT2D eigenvalue weighted by Gasteiger charge is -2.35. The second kappa shape index (κ2) is 7.35. The van der Waals surface area contributed by atoms with Gasteiger partial charge in [-0.3, -0.25) is 4.79 Å². The van der Waals surface area contributed by atoms with Crippen molar-refractivity contribution in [2.24, 2.45) is 5.92 Å². The maximum atomic E-state index is 12.6. The van der Waals surface area contributed by atoms with Crippen LogP contribution in [-0.2, 0) is 19.7 Å². The predicted octanol–water partition coefficient (Wildman–Crippen LogP) is 0.385. The van der Waals surface area contributed by atoms with Crippen LogP contribution in [-0.4, -0.2) is 67.5 Å². The van der Waals surface area contributed by atoms with Gasteiger partial charge in [-0.1, -0.05) is 0 Å². The number of methoxy groups -OCH3 is 1. The number of piperidine rings is 1. The number of ether oxygens (including phenoxy) is 1. The van der Waals surface area contributed by atoms with Crippen molar-refractivity contribution >= 4 is 16.2 Å². The van der Waals surface area contributed by atoms with Crippen LogP contribution in [0.4, 0.5) is 0 Å². The van der Waals surface area contributed by atoms with Crippen molar-refractivity contribution < 1.29 is 23.1 Å². The molecule has 20 heavy (non-hydrogen) atoms. The van der Waals surface area contributed by atoms with Crippen molar-refractivity contribution in [3.05, 3.63) is 0 Å². The summed E-state index contributed by atoms with van der Waals surface area (Å²) in [7, 11) is -2.12. The minimum Gasteiger partial charge on any atom is -0.481 e. The van der Waals surface area contributed by atoms with E-state index in [2.05, 4.69) is 0 Å². The molecule has 1 saturated heterocycles. The van der Waals surface area contributed by atoms with Gasteiger partial charge in [0.1, 0.15) is 0 Å². The Morgan fingerprint density at radius 3 is 2.65 bits per heavy atom. The summed E-state index contributed by atoms with van der Waals surface area (Å²) < 4.78 is 32.8. The zero-order valence-corrected chi connectivity index (χ0v) is 13.1. The Morgan fingerprint density at radius 2 is 2.15 bits per heavy atom. The topological polar surface area (TPSA) is 87.2 Å². The number of aliphatic carboxylic acids is 1. The van der Waals surface area contributed by atoms with Crippen LogP contribution in [0.1, 0.15) is 26.7 Å². The SMILES string of the molecule is COCCN(C(C)C)S(=O)(=O)N1CCCC(C(=O)O)C1. The monoisotopic (exact) mass is 308 g/mol. The van der Waals surface area contributed by atoms with Crippen molar-refractivity contribution in [2.45, 2.75) is 32.7 Å². The molecule has 0 spiro atoms. The molecule has 1 atom stereocenters. The van der Waals surface area contributed by atoms with Crippen molar-refractivity contribution in [3.8, 4) is 0 Å². The standard InChI is InChI=1S/C12H24N2O5S/c1-10(2)14(7-8-19-3)20(17,18)13-6-4-5-11(9-13)12(15)16/h10-11H,4-9H2,1-3H3,(H,15,16). The van der Waals surface area contributed by atoms with E-state index in [9.17, 15) is 13.2 Å². The number of hydrogen-bond acceptors (Lipinski definition) is 4. The Kier molecular flexibility index (Phi) is 6.38. The highest BCUT2D eigenvalue weighted by Gasteiger charge is 2.36. The molecule has 0 bridgehead atoms. The molecule has 0 amide bonds. The smallest absolute Gasteiger partial charge is 0.307 e. The normalized spacial score (nSPS) is 21.6. The van der Waals surface area contributed by atoms with E-state index in [1.54, 1.807) is 13.8 Å². The molecule has 0 saturated carbocycles. The molecule has 0 aromatic rings. The summed E-state index contributed by atoms with van der Waals surface area (Å²) in [6.45, 7) is 4.60. The van der Waals surface area contributed by atoms with Crippen LogP contribution >= 0.6 is 0 Å². The molecule has 1 heterocycles. The Labute approximate surface area is 120 Å². The van der Waals surface area contributed by atoms with E-state index in [1.165, 1.54) is 15.7 Å². The van der Waals surface area contributed by atoms with Crippen LogP contribution in [0.15, 0.2) is 0 Å². The summed E-state index contributed by atoms with van der Waals surface area (Å²) >= 11 is 0. The summed E-state index contributed by atoms with van der Waals surface area (Å²) in [5.41, 5.74) is 0. The summed E-state index contributed by atoms with van der Waals surface area (Å²) in [6, 6.07) is -0.194. The molecule has 0 radical (unpaired) electrons. The first-order valence-corrected chi connectivity index (χ1v) is 8.19. The number of nitrogens with zero attached hydrogens (tertiary/aromatic N) is 2. The summed E-state index contributed by atoms with van der Waals surface area (Å²) in [4.78, 5) is 11.0. The van der Waals surface area contributed by atoms with Crippen LogP contribution in [0.25, 0.3) is 0 Å². The molecule has 0 aromatic heterocycles. The quantitative estimate of drug-likeness (QED) is 0.735. The summed E-state index contributed by atoms with van der Waals surface area (Å²) in [5.74, 6) is -1.55. The molecule has 1 aliphatic heterocycles. The maximum absolute atomic E-state index is 12.6. The zero-order valence-electron chi connectivity index (χ0n) is 12.3. The molecular formula is C12H24N2O5S. The third-order valence-corrected chi connectivity index (χ3v) is 5.63. The van der Waals surface area contributed by atoms with Crippen LogP contribution in [0.3, 0.4) is 0 Å². The highest BCUT2D eigenvalue weighted by Crippen LogP contribution is 2.22. The van der Waals surface area contributed by atoms with Crippen LogP contribution < -0.4 is 0 Å². The first-order valence-electron chi connectivity index (χ1n) is 6.79. The third-order valence-electron chi connectivity index (χ3n) is 3.45. The van der Waals surface area contributed by atoms with Gasteiger partial charge in [0, 0.05) is 32.8 Å². The first kappa shape index (κ1) is 17.4. The van der Waals surface area contributed by atoms with Gasteiger partial charge in [0.2, 0.25) is 0 Å². The van der Waals surface area contributed by atoms with E-state index in [0.29, 0.717) is 26.0 Å². The van der Waals surface area contributed by atoms with Crippen LogP contribution in [0.2, 0.25) is 0 Å². The van der Waals surface area contributed by atoms with E-state index < -0.39 is 22.1 Å². The molecule has 1 N–H and O–H groups in total. The number of carboxylic acids is 1. The average molecular weight is 308 g/mol. The number of carbonyl (C=O) groups is 1. The van der Waals surface area contributed by atoms with Gasteiger partial charge in [0.05, 0.1) is 12.5 Å². The Morgan fingerprint density at radius 1 is 1.50 bits per heavy atom. The fourth-order valence-corrected chi connectivity index (χ4v) is 4.19. The second-order valence-electron chi connectivity index (χ2n) is 5.24. The third kappa shape index (κ3) is 4.15. The van der Waals surface area contributed by atoms with Crippen LogP contribution in [0, 0.1) is 5.92 Å². The lowest BCUT2D eigenvalue weighted by Crippen LogP contribution is -2.51. The van der Waals surface area contributed by atoms with Gasteiger partial charge in [0.15, 0.2) is 0 Å². The number of rotatable bonds is 7. The van der Waals surface area contributed by atoms with E-state index in [4.69, 9.17) is 9.84 Å². The van der Waals surface area contributed by atoms with Gasteiger partial charge in [-0.15, -0.1) is 0 Å². The van der Waals surface area contributed by atoms with Crippen LogP contribution in [0.5, 0.6) is 0 Å². The summed E-state index contributed by atoms with van der Waals surface area (Å²) in [5, 5.41) is 9.06. The van der Waals surface area contributed by atoms with Gasteiger partial charge in [-0.25, -0.2) is 0 Å². The van der Waals surface area contributed by atoms with Gasteiger partial charge >= 0.3 is 5.97 Å². The average Bonchev–Trinajstić information content (AvgIpc) is 2.38. The highest BCUT2D eigenvalue weighted by atomic mass is 32.2. The first-order chi connectivity index (χ1) is 9.30. The molecule has 8 heteroatoms. The second-order valence-corrected chi connectivity index (χ2v) is 7.12. The minimum atomic E-state index is -3.64. The van der Waals surface area contributed by atoms with E-state index in [-0.39, 0.29) is 19.1 Å². The number of hydrogen-bond donors (Lipinski definition) is 1. The van der Waals surface area contributed by atoms with E-state index >= 15 is 0 Å². The van der Waals surface area contributed by atoms with Crippen molar-refractivity contribution in [1.29, 1.82) is 0 Å². The number of carboxylic acid groups (broad SMARTS) is 1. The largest absolute Gasteiger partial charge is 0.481 e. The lowest BCUT2D eigenvalue weighted by molar-refractivity contribution is -0.142. The van der Waals surface area contributed by atoms with E-state index in [0.717, 1.165) is 0 Å². The maximum Gasteiger partial charge on any atom is 0.307 e. The fourth-order valence-electron chi connectivity index (χ4n) is 2.32. The van der Waals surface area contributed by atoms with E-state index in [1.807, 2.05) is 0 Å². The Hall–Kier alpha value is -0.700. The lowest BCUT2D eigenvalue weighted by atomic mass is 10.0. The van der Waals surface area contributed by atoms with Crippen molar-refractivity contribution in [3.63, 3.8) is 0 Å². The zero-order chi connectivity index (χ0) is 15.3. The Bertz CT molecular complexity index is 424. The van der Waals surface area contributed by atoms with Gasteiger partial charge in [-0.2, -0.15) is 17.0 Å². The minimum absolute atomic E-state index is 0.0495. The molecule has 7 nitrogen and oxygen atoms in total. The fraction of sp³-hybridized carbons (Fsp3) is 0.917. The molecule has 0 aliphatic carbocycles. The molecule has 1 unspecified atom stereocenters. The van der Waals surface area contributed by atoms with Gasteiger partial charge < -0.3 is 9.84 Å². The van der Waals surface area contributed by atoms with Crippen molar-refractivity contribution in [1.82, 2.24) is 8.61 Å². The van der Waals surface area contributed by atoms with Gasteiger partial charge in [-0.05, 0) is 26.7 Å². The summed E-state index contributed by atoms with van der Waals surface area (Å²) in [6.07, 6.45) is 1.10. The van der Waals surface area contributed by atoms with Gasteiger partial charge in [0.25, 0.3) is 10.2 Å². The Balaban J connectivity index is 2.86.